The number of aromatic nitrogens is 2. The fourth-order valence-electron chi connectivity index (χ4n) is 4.80. The van der Waals surface area contributed by atoms with E-state index in [1.165, 1.54) is 12.8 Å². The van der Waals surface area contributed by atoms with E-state index in [1.807, 2.05) is 5.38 Å². The van der Waals surface area contributed by atoms with Crippen molar-refractivity contribution in [1.82, 2.24) is 9.55 Å². The third-order valence-electron chi connectivity index (χ3n) is 6.93. The topological polar surface area (TPSA) is 96.4 Å². The number of fused-ring (bicyclic) bond motifs is 3. The highest BCUT2D eigenvalue weighted by Gasteiger charge is 2.31. The Morgan fingerprint density at radius 2 is 2.06 bits per heavy atom. The van der Waals surface area contributed by atoms with Gasteiger partial charge in [-0.15, -0.1) is 11.3 Å². The number of hydrogen-bond donors (Lipinski definition) is 1. The van der Waals surface area contributed by atoms with Crippen molar-refractivity contribution in [2.75, 3.05) is 13.2 Å². The second kappa shape index (κ2) is 9.59. The lowest BCUT2D eigenvalue weighted by Crippen LogP contribution is -2.30. The van der Waals surface area contributed by atoms with E-state index in [1.54, 1.807) is 36.7 Å². The molecule has 1 fully saturated rings. The maximum absolute atomic E-state index is 13.0. The lowest BCUT2D eigenvalue weighted by Gasteiger charge is -2.34. The SMILES string of the molecule is CCOC(=O)c1cn2c(cc1=O)-c1cc(-c3nccs3)c(OCC(N)C3CC3)cc1CC2C(C)C. The molecule has 35 heavy (non-hydrogen) atoms. The number of nitrogens with zero attached hydrogens (tertiary/aromatic N) is 2. The third kappa shape index (κ3) is 4.65. The zero-order chi connectivity index (χ0) is 24.7. The van der Waals surface area contributed by atoms with Gasteiger partial charge in [0, 0.05) is 41.5 Å². The van der Waals surface area contributed by atoms with Crippen molar-refractivity contribution in [3.05, 3.63) is 57.3 Å². The monoisotopic (exact) mass is 493 g/mol. The van der Waals surface area contributed by atoms with Crippen LogP contribution >= 0.6 is 11.3 Å². The van der Waals surface area contributed by atoms with E-state index in [0.29, 0.717) is 12.5 Å². The number of carbonyl (C=O) groups excluding carboxylic acids is 1. The average Bonchev–Trinajstić information content (AvgIpc) is 3.55. The number of rotatable bonds is 8. The summed E-state index contributed by atoms with van der Waals surface area (Å²) in [6.07, 6.45) is 6.55. The molecule has 1 aliphatic carbocycles. The van der Waals surface area contributed by atoms with Crippen LogP contribution < -0.4 is 15.9 Å². The Hall–Kier alpha value is -2.97. The van der Waals surface area contributed by atoms with E-state index < -0.39 is 5.97 Å². The van der Waals surface area contributed by atoms with Crippen LogP contribution in [0.5, 0.6) is 5.75 Å². The first kappa shape index (κ1) is 23.8. The molecule has 2 atom stereocenters. The normalized spacial score (nSPS) is 17.6. The number of carbonyl (C=O) groups is 1. The summed E-state index contributed by atoms with van der Waals surface area (Å²) in [5.74, 6) is 1.02. The number of ether oxygens (including phenoxy) is 2. The maximum Gasteiger partial charge on any atom is 0.343 e. The standard InChI is InChI=1S/C27H31N3O4S/c1-4-33-27(32)20-13-30-22(15(2)3)9-17-10-25(34-14-21(28)16-5-6-16)19(26-29-7-8-35-26)11-18(17)23(30)12-24(20)31/h7-8,10-13,15-16,21-22H,4-6,9,14,28H2,1-3H3. The zero-order valence-electron chi connectivity index (χ0n) is 20.3. The number of thiazole rings is 1. The number of esters is 1. The van der Waals surface area contributed by atoms with Gasteiger partial charge in [-0.25, -0.2) is 9.78 Å². The highest BCUT2D eigenvalue weighted by atomic mass is 32.1. The van der Waals surface area contributed by atoms with Gasteiger partial charge in [-0.05, 0) is 55.7 Å². The van der Waals surface area contributed by atoms with E-state index in [4.69, 9.17) is 15.2 Å². The minimum Gasteiger partial charge on any atom is -0.491 e. The van der Waals surface area contributed by atoms with Gasteiger partial charge in [0.15, 0.2) is 5.43 Å². The average molecular weight is 494 g/mol. The summed E-state index contributed by atoms with van der Waals surface area (Å²) in [5, 5.41) is 2.79. The Morgan fingerprint density at radius 1 is 1.26 bits per heavy atom. The summed E-state index contributed by atoms with van der Waals surface area (Å²) < 4.78 is 13.5. The van der Waals surface area contributed by atoms with Crippen LogP contribution in [0.3, 0.4) is 0 Å². The molecule has 2 unspecified atom stereocenters. The minimum absolute atomic E-state index is 0.0270. The maximum atomic E-state index is 13.0. The van der Waals surface area contributed by atoms with Crippen LogP contribution in [0.1, 0.15) is 55.6 Å². The minimum atomic E-state index is -0.583. The molecule has 7 nitrogen and oxygen atoms in total. The molecule has 5 rings (SSSR count). The van der Waals surface area contributed by atoms with E-state index >= 15 is 0 Å². The molecule has 2 aromatic heterocycles. The first-order valence-corrected chi connectivity index (χ1v) is 13.1. The third-order valence-corrected chi connectivity index (χ3v) is 7.74. The Morgan fingerprint density at radius 3 is 2.71 bits per heavy atom. The molecular weight excluding hydrogens is 462 g/mol. The van der Waals surface area contributed by atoms with Gasteiger partial charge in [-0.3, -0.25) is 4.79 Å². The van der Waals surface area contributed by atoms with Crippen LogP contribution in [0.25, 0.3) is 21.8 Å². The molecule has 0 radical (unpaired) electrons. The van der Waals surface area contributed by atoms with Gasteiger partial charge in [0.25, 0.3) is 0 Å². The molecule has 8 heteroatoms. The first-order chi connectivity index (χ1) is 16.9. The van der Waals surface area contributed by atoms with Crippen LogP contribution in [0.4, 0.5) is 0 Å². The number of benzene rings is 1. The Labute approximate surface area is 208 Å². The molecule has 1 aromatic carbocycles. The van der Waals surface area contributed by atoms with Crippen molar-refractivity contribution >= 4 is 17.3 Å². The Bertz CT molecular complexity index is 1290. The molecule has 2 aliphatic rings. The zero-order valence-corrected chi connectivity index (χ0v) is 21.1. The molecule has 3 heterocycles. The number of nitrogens with two attached hydrogens (primary N) is 1. The summed E-state index contributed by atoms with van der Waals surface area (Å²) in [5.41, 5.74) is 9.80. The second-order valence-electron chi connectivity index (χ2n) is 9.73. The largest absolute Gasteiger partial charge is 0.491 e. The lowest BCUT2D eigenvalue weighted by atomic mass is 9.86. The van der Waals surface area contributed by atoms with Crippen LogP contribution in [0, 0.1) is 11.8 Å². The predicted molar refractivity (Wildman–Crippen MR) is 137 cm³/mol. The highest BCUT2D eigenvalue weighted by Crippen LogP contribution is 2.43. The molecular formula is C27H31N3O4S. The number of hydrogen-bond acceptors (Lipinski definition) is 7. The van der Waals surface area contributed by atoms with Crippen LogP contribution in [-0.2, 0) is 11.2 Å². The van der Waals surface area contributed by atoms with E-state index in [0.717, 1.165) is 39.6 Å². The van der Waals surface area contributed by atoms with Gasteiger partial charge in [0.05, 0.1) is 17.9 Å². The van der Waals surface area contributed by atoms with Gasteiger partial charge in [0.2, 0.25) is 0 Å². The van der Waals surface area contributed by atoms with Gasteiger partial charge >= 0.3 is 5.97 Å². The van der Waals surface area contributed by atoms with Crippen molar-refractivity contribution in [2.24, 2.45) is 17.6 Å². The van der Waals surface area contributed by atoms with Gasteiger partial charge in [-0.2, -0.15) is 0 Å². The molecule has 0 spiro atoms. The van der Waals surface area contributed by atoms with Crippen molar-refractivity contribution in [3.8, 4) is 27.6 Å². The summed E-state index contributed by atoms with van der Waals surface area (Å²) >= 11 is 1.54. The van der Waals surface area contributed by atoms with E-state index in [-0.39, 0.29) is 35.6 Å². The Balaban J connectivity index is 1.63. The van der Waals surface area contributed by atoms with Crippen molar-refractivity contribution in [3.63, 3.8) is 0 Å². The highest BCUT2D eigenvalue weighted by molar-refractivity contribution is 7.13. The first-order valence-electron chi connectivity index (χ1n) is 12.3. The molecule has 0 bridgehead atoms. The fraction of sp³-hybridized carbons (Fsp3) is 0.444. The van der Waals surface area contributed by atoms with Gasteiger partial charge in [-0.1, -0.05) is 13.8 Å². The molecule has 2 N–H and O–H groups in total. The molecule has 3 aromatic rings. The summed E-state index contributed by atoms with van der Waals surface area (Å²) in [7, 11) is 0. The second-order valence-corrected chi connectivity index (χ2v) is 10.6. The molecule has 0 amide bonds. The quantitative estimate of drug-likeness (QED) is 0.458. The van der Waals surface area contributed by atoms with E-state index in [2.05, 4.69) is 35.5 Å². The van der Waals surface area contributed by atoms with Crippen molar-refractivity contribution in [2.45, 2.75) is 52.1 Å². The molecule has 184 valence electrons. The fourth-order valence-corrected chi connectivity index (χ4v) is 5.46. The molecule has 1 saturated carbocycles. The number of pyridine rings is 1. The van der Waals surface area contributed by atoms with Gasteiger partial charge < -0.3 is 19.8 Å². The predicted octanol–water partition coefficient (Wildman–Crippen LogP) is 4.68. The Kier molecular flexibility index (Phi) is 6.51. The van der Waals surface area contributed by atoms with Gasteiger partial charge in [0.1, 0.15) is 22.9 Å². The lowest BCUT2D eigenvalue weighted by molar-refractivity contribution is 0.0523. The smallest absolute Gasteiger partial charge is 0.343 e. The summed E-state index contributed by atoms with van der Waals surface area (Å²) in [6, 6.07) is 5.83. The van der Waals surface area contributed by atoms with Crippen LogP contribution in [-0.4, -0.2) is 34.8 Å². The molecule has 0 saturated heterocycles. The van der Waals surface area contributed by atoms with E-state index in [9.17, 15) is 9.59 Å². The van der Waals surface area contributed by atoms with Crippen molar-refractivity contribution in [1.29, 1.82) is 0 Å². The summed E-state index contributed by atoms with van der Waals surface area (Å²) in [4.78, 5) is 29.9. The van der Waals surface area contributed by atoms with Crippen LogP contribution in [0.2, 0.25) is 0 Å². The summed E-state index contributed by atoms with van der Waals surface area (Å²) in [6.45, 7) is 6.72. The van der Waals surface area contributed by atoms with Crippen LogP contribution in [0.15, 0.2) is 40.8 Å². The molecule has 1 aliphatic heterocycles. The van der Waals surface area contributed by atoms with Crippen molar-refractivity contribution < 1.29 is 14.3 Å².